The van der Waals surface area contributed by atoms with Gasteiger partial charge in [0.1, 0.15) is 20.7 Å². The first kappa shape index (κ1) is 23.2. The first-order valence-corrected chi connectivity index (χ1v) is 10.8. The van der Waals surface area contributed by atoms with E-state index in [4.69, 9.17) is 22.1 Å². The Morgan fingerprint density at radius 3 is 2.62 bits per heavy atom. The molecule has 1 aromatic heterocycles. The van der Waals surface area contributed by atoms with Crippen LogP contribution in [0.2, 0.25) is 0 Å². The van der Waals surface area contributed by atoms with Crippen LogP contribution in [-0.4, -0.2) is 10.9 Å². The molecule has 0 spiro atoms. The Labute approximate surface area is 194 Å². The van der Waals surface area contributed by atoms with E-state index in [1.807, 2.05) is 30.3 Å². The number of allylic oxidation sites excluding steroid dienone is 4. The van der Waals surface area contributed by atoms with Crippen molar-refractivity contribution in [2.75, 3.05) is 5.32 Å². The topological polar surface area (TPSA) is 77.2 Å². The summed E-state index contributed by atoms with van der Waals surface area (Å²) < 4.78 is 20.2. The van der Waals surface area contributed by atoms with Gasteiger partial charge in [0.05, 0.1) is 5.69 Å². The summed E-state index contributed by atoms with van der Waals surface area (Å²) in [5, 5.41) is 3.59. The van der Waals surface area contributed by atoms with Crippen LogP contribution in [0.4, 0.5) is 10.1 Å². The number of aryl methyl sites for hydroxylation is 1. The van der Waals surface area contributed by atoms with Crippen LogP contribution >= 0.6 is 22.9 Å². The molecule has 0 saturated carbocycles. The van der Waals surface area contributed by atoms with Gasteiger partial charge in [0.25, 0.3) is 5.91 Å². The second kappa shape index (κ2) is 10.3. The number of nitrogens with zero attached hydrogens (tertiary/aromatic N) is 1. The number of carbonyl (C=O) groups is 1. The summed E-state index contributed by atoms with van der Waals surface area (Å²) in [5.74, 6) is -0.961. The maximum absolute atomic E-state index is 14.6. The Morgan fingerprint density at radius 2 is 2.00 bits per heavy atom. The largest absolute Gasteiger partial charge is 0.453 e. The normalized spacial score (nSPS) is 12.2. The van der Waals surface area contributed by atoms with Crippen LogP contribution in [0.1, 0.15) is 22.3 Å². The number of ether oxygens (including phenoxy) is 1. The van der Waals surface area contributed by atoms with E-state index in [0.29, 0.717) is 16.3 Å². The molecule has 0 fully saturated rings. The van der Waals surface area contributed by atoms with Gasteiger partial charge in [-0.2, -0.15) is 0 Å². The fourth-order valence-corrected chi connectivity index (χ4v) is 3.80. The Bertz CT molecular complexity index is 1220. The number of benzene rings is 2. The monoisotopic (exact) mass is 469 g/mol. The molecule has 0 bridgehead atoms. The van der Waals surface area contributed by atoms with Crippen molar-refractivity contribution in [2.45, 2.75) is 13.8 Å². The van der Waals surface area contributed by atoms with E-state index >= 15 is 0 Å². The predicted molar refractivity (Wildman–Crippen MR) is 128 cm³/mol. The van der Waals surface area contributed by atoms with Crippen LogP contribution in [0.25, 0.3) is 10.6 Å². The van der Waals surface area contributed by atoms with Crippen molar-refractivity contribution in [3.63, 3.8) is 0 Å². The number of anilines is 1. The number of nitrogens with two attached hydrogens (primary N) is 1. The summed E-state index contributed by atoms with van der Waals surface area (Å²) in [6.07, 6.45) is 2.93. The Morgan fingerprint density at radius 1 is 1.28 bits per heavy atom. The van der Waals surface area contributed by atoms with Gasteiger partial charge in [-0.05, 0) is 32.1 Å². The lowest BCUT2D eigenvalue weighted by atomic mass is 10.2. The van der Waals surface area contributed by atoms with E-state index in [1.165, 1.54) is 41.7 Å². The van der Waals surface area contributed by atoms with Gasteiger partial charge in [-0.1, -0.05) is 54.6 Å². The molecule has 0 radical (unpaired) electrons. The minimum Gasteiger partial charge on any atom is -0.453 e. The molecule has 0 aliphatic carbocycles. The van der Waals surface area contributed by atoms with Crippen molar-refractivity contribution in [3.05, 3.63) is 100 Å². The summed E-state index contributed by atoms with van der Waals surface area (Å²) >= 11 is 7.40. The fraction of sp³-hybridized carbons (Fsp3) is 0.0833. The molecule has 1 amide bonds. The van der Waals surface area contributed by atoms with Gasteiger partial charge in [-0.25, -0.2) is 9.37 Å². The molecule has 164 valence electrons. The van der Waals surface area contributed by atoms with E-state index in [-0.39, 0.29) is 28.1 Å². The average molecular weight is 470 g/mol. The first-order chi connectivity index (χ1) is 15.3. The van der Waals surface area contributed by atoms with Gasteiger partial charge >= 0.3 is 0 Å². The van der Waals surface area contributed by atoms with E-state index in [9.17, 15) is 9.18 Å². The molecule has 3 rings (SSSR count). The molecular formula is C24H21ClFN3O2S. The molecule has 1 heterocycles. The Balaban J connectivity index is 1.78. The van der Waals surface area contributed by atoms with E-state index in [1.54, 1.807) is 13.8 Å². The molecule has 5 nitrogen and oxygen atoms in total. The van der Waals surface area contributed by atoms with Crippen LogP contribution < -0.4 is 15.8 Å². The lowest BCUT2D eigenvalue weighted by Gasteiger charge is -2.12. The predicted octanol–water partition coefficient (Wildman–Crippen LogP) is 6.39. The van der Waals surface area contributed by atoms with Crippen molar-refractivity contribution in [1.29, 1.82) is 0 Å². The smallest absolute Gasteiger partial charge is 0.267 e. The summed E-state index contributed by atoms with van der Waals surface area (Å²) in [6.45, 7) is 6.95. The zero-order valence-electron chi connectivity index (χ0n) is 17.5. The number of aromatic nitrogens is 1. The van der Waals surface area contributed by atoms with Crippen LogP contribution in [0.3, 0.4) is 0 Å². The van der Waals surface area contributed by atoms with Crippen molar-refractivity contribution in [3.8, 4) is 16.3 Å². The van der Waals surface area contributed by atoms with Gasteiger partial charge in [-0.15, -0.1) is 11.3 Å². The highest BCUT2D eigenvalue weighted by molar-refractivity contribution is 7.17. The summed E-state index contributed by atoms with van der Waals surface area (Å²) in [7, 11) is 0. The fourth-order valence-electron chi connectivity index (χ4n) is 2.73. The van der Waals surface area contributed by atoms with Gasteiger partial charge in [0.15, 0.2) is 11.6 Å². The quantitative estimate of drug-likeness (QED) is 0.310. The second-order valence-corrected chi connectivity index (χ2v) is 8.14. The minimum atomic E-state index is -0.678. The standard InChI is InChI=1S/C24H21ClFN3O2S/c1-4-8-20(21(25)14(2)27)31-19-12-11-17(13-18(19)26)29-23(30)22-15(3)28-24(32-22)16-9-6-5-7-10-16/h4-13H,1,27H2,2-3H3,(H,29,30)/b20-8+,21-14-. The third-order valence-electron chi connectivity index (χ3n) is 4.26. The zero-order valence-corrected chi connectivity index (χ0v) is 19.1. The highest BCUT2D eigenvalue weighted by Crippen LogP contribution is 2.30. The van der Waals surface area contributed by atoms with Crippen molar-refractivity contribution < 1.29 is 13.9 Å². The number of rotatable bonds is 7. The lowest BCUT2D eigenvalue weighted by Crippen LogP contribution is -2.12. The molecule has 2 aromatic carbocycles. The molecule has 32 heavy (non-hydrogen) atoms. The van der Waals surface area contributed by atoms with E-state index in [2.05, 4.69) is 16.9 Å². The molecule has 0 aliphatic heterocycles. The summed E-state index contributed by atoms with van der Waals surface area (Å²) in [5.41, 5.74) is 7.82. The van der Waals surface area contributed by atoms with Gasteiger partial charge in [0, 0.05) is 23.0 Å². The third kappa shape index (κ3) is 5.43. The Kier molecular flexibility index (Phi) is 7.45. The molecule has 0 saturated heterocycles. The highest BCUT2D eigenvalue weighted by atomic mass is 35.5. The SMILES string of the molecule is C=C/C=C(Oc1ccc(NC(=O)c2sc(-c3ccccc3)nc2C)cc1F)\C(Cl)=C(/C)N. The van der Waals surface area contributed by atoms with Crippen molar-refractivity contribution in [2.24, 2.45) is 5.73 Å². The molecule has 8 heteroatoms. The molecule has 3 aromatic rings. The Hall–Kier alpha value is -3.42. The van der Waals surface area contributed by atoms with Gasteiger partial charge in [0.2, 0.25) is 0 Å². The molecule has 3 N–H and O–H groups in total. The number of halogens is 2. The third-order valence-corrected chi connectivity index (χ3v) is 5.95. The molecule has 0 aliphatic rings. The number of hydrogen-bond acceptors (Lipinski definition) is 5. The number of hydrogen-bond donors (Lipinski definition) is 2. The lowest BCUT2D eigenvalue weighted by molar-refractivity contribution is 0.103. The minimum absolute atomic E-state index is 0.0733. The van der Waals surface area contributed by atoms with Crippen molar-refractivity contribution in [1.82, 2.24) is 4.98 Å². The summed E-state index contributed by atoms with van der Waals surface area (Å²) in [6, 6.07) is 13.7. The van der Waals surface area contributed by atoms with Crippen LogP contribution in [0.15, 0.2) is 83.8 Å². The average Bonchev–Trinajstić information content (AvgIpc) is 3.17. The van der Waals surface area contributed by atoms with E-state index < -0.39 is 5.82 Å². The maximum atomic E-state index is 14.6. The van der Waals surface area contributed by atoms with Crippen LogP contribution in [0.5, 0.6) is 5.75 Å². The number of amides is 1. The molecule has 0 unspecified atom stereocenters. The maximum Gasteiger partial charge on any atom is 0.267 e. The van der Waals surface area contributed by atoms with Crippen molar-refractivity contribution >= 4 is 34.5 Å². The van der Waals surface area contributed by atoms with Crippen LogP contribution in [0, 0.1) is 12.7 Å². The zero-order chi connectivity index (χ0) is 23.3. The highest BCUT2D eigenvalue weighted by Gasteiger charge is 2.18. The first-order valence-electron chi connectivity index (χ1n) is 9.56. The molecule has 0 atom stereocenters. The number of thiazole rings is 1. The van der Waals surface area contributed by atoms with E-state index in [0.717, 1.165) is 10.6 Å². The second-order valence-electron chi connectivity index (χ2n) is 6.76. The number of carbonyl (C=O) groups excluding carboxylic acids is 1. The van der Waals surface area contributed by atoms with Crippen LogP contribution in [-0.2, 0) is 0 Å². The number of nitrogens with one attached hydrogen (secondary N) is 1. The molecular weight excluding hydrogens is 449 g/mol. The summed E-state index contributed by atoms with van der Waals surface area (Å²) in [4.78, 5) is 17.7. The van der Waals surface area contributed by atoms with Gasteiger partial charge < -0.3 is 15.8 Å². The van der Waals surface area contributed by atoms with Gasteiger partial charge in [-0.3, -0.25) is 4.79 Å².